The van der Waals surface area contributed by atoms with Gasteiger partial charge in [-0.15, -0.1) is 0 Å². The third-order valence-electron chi connectivity index (χ3n) is 2.27. The Morgan fingerprint density at radius 3 is 2.75 bits per heavy atom. The van der Waals surface area contributed by atoms with E-state index in [-0.39, 0.29) is 40.8 Å². The van der Waals surface area contributed by atoms with Crippen LogP contribution in [0, 0.1) is 0 Å². The molecule has 0 spiro atoms. The number of carboxylic acids is 1. The first-order valence-corrected chi connectivity index (χ1v) is 5.69. The van der Waals surface area contributed by atoms with Crippen LogP contribution in [0.3, 0.4) is 0 Å². The molecule has 16 heavy (non-hydrogen) atoms. The summed E-state index contributed by atoms with van der Waals surface area (Å²) in [7, 11) is 0. The van der Waals surface area contributed by atoms with Crippen LogP contribution in [0.15, 0.2) is 11.5 Å². The van der Waals surface area contributed by atoms with Crippen LogP contribution in [0.25, 0.3) is 0 Å². The summed E-state index contributed by atoms with van der Waals surface area (Å²) >= 11 is 1.13. The van der Waals surface area contributed by atoms with Gasteiger partial charge >= 0.3 is 29.6 Å². The molecule has 0 unspecified atom stereocenters. The van der Waals surface area contributed by atoms with Crippen molar-refractivity contribution in [2.75, 3.05) is 5.75 Å². The number of thioether (sulfide) groups is 1. The Labute approximate surface area is 121 Å². The van der Waals surface area contributed by atoms with Crippen LogP contribution < -0.4 is 34.7 Å². The van der Waals surface area contributed by atoms with Crippen molar-refractivity contribution >= 4 is 17.7 Å². The van der Waals surface area contributed by atoms with Crippen molar-refractivity contribution < 1.29 is 39.5 Å². The van der Waals surface area contributed by atoms with Crippen LogP contribution in [0.1, 0.15) is 27.2 Å². The average Bonchev–Trinajstić information content (AvgIpc) is 2.63. The van der Waals surface area contributed by atoms with Crippen LogP contribution in [0.4, 0.5) is 0 Å². The maximum absolute atomic E-state index is 10.3. The number of carboxylic acid groups (broad SMARTS) is 1. The monoisotopic (exact) mass is 251 g/mol. The van der Waals surface area contributed by atoms with Crippen LogP contribution >= 0.6 is 11.8 Å². The Morgan fingerprint density at radius 2 is 2.25 bits per heavy atom. The Bertz CT molecular complexity index is 354. The fourth-order valence-corrected chi connectivity index (χ4v) is 1.80. The molecular weight excluding hydrogens is 237 g/mol. The van der Waals surface area contributed by atoms with Gasteiger partial charge in [0.1, 0.15) is 6.33 Å². The largest absolute Gasteiger partial charge is 1.00 e. The summed E-state index contributed by atoms with van der Waals surface area (Å²) < 4.78 is 1.75. The van der Waals surface area contributed by atoms with Crippen molar-refractivity contribution in [3.8, 4) is 0 Å². The van der Waals surface area contributed by atoms with E-state index < -0.39 is 5.97 Å². The molecule has 0 fully saturated rings. The molecule has 1 aromatic heterocycles. The fourth-order valence-electron chi connectivity index (χ4n) is 1.02. The number of rotatable bonds is 5. The van der Waals surface area contributed by atoms with E-state index in [9.17, 15) is 9.90 Å². The second-order valence-electron chi connectivity index (χ2n) is 3.78. The summed E-state index contributed by atoms with van der Waals surface area (Å²) in [6.07, 6.45) is 2.34. The van der Waals surface area contributed by atoms with Gasteiger partial charge in [-0.2, -0.15) is 5.10 Å². The van der Waals surface area contributed by atoms with Crippen LogP contribution in [0.2, 0.25) is 0 Å². The normalized spacial score (nSPS) is 10.9. The van der Waals surface area contributed by atoms with Gasteiger partial charge in [0, 0.05) is 5.75 Å². The van der Waals surface area contributed by atoms with Crippen molar-refractivity contribution in [3.05, 3.63) is 6.33 Å². The number of aromatic nitrogens is 3. The summed E-state index contributed by atoms with van der Waals surface area (Å²) in [6, 6.07) is 0. The third kappa shape index (κ3) is 4.08. The minimum Gasteiger partial charge on any atom is -0.549 e. The van der Waals surface area contributed by atoms with E-state index >= 15 is 0 Å². The standard InChI is InChI=1S/C9H15N3O2S.Na/c1-4-9(2,3)12-8(10-6-11-12)15-5-7(13)14;/h6H,4-5H2,1-3H3,(H,13,14);/q;+1/p-1. The van der Waals surface area contributed by atoms with Crippen molar-refractivity contribution in [2.24, 2.45) is 0 Å². The van der Waals surface area contributed by atoms with E-state index in [4.69, 9.17) is 0 Å². The van der Waals surface area contributed by atoms with Crippen molar-refractivity contribution in [1.82, 2.24) is 14.8 Å². The molecule has 0 radical (unpaired) electrons. The molecule has 5 nitrogen and oxygen atoms in total. The summed E-state index contributed by atoms with van der Waals surface area (Å²) in [4.78, 5) is 14.4. The molecule has 84 valence electrons. The number of hydrogen-bond donors (Lipinski definition) is 0. The molecule has 0 saturated carbocycles. The molecule has 1 aromatic rings. The van der Waals surface area contributed by atoms with Crippen LogP contribution in [-0.2, 0) is 10.3 Å². The second kappa shape index (κ2) is 6.64. The molecule has 0 aliphatic carbocycles. The number of aliphatic carboxylic acids is 1. The predicted molar refractivity (Wildman–Crippen MR) is 55.4 cm³/mol. The third-order valence-corrected chi connectivity index (χ3v) is 3.19. The van der Waals surface area contributed by atoms with Gasteiger partial charge < -0.3 is 9.90 Å². The molecule has 0 aliphatic rings. The van der Waals surface area contributed by atoms with E-state index in [1.807, 2.05) is 13.8 Å². The predicted octanol–water partition coefficient (Wildman–Crippen LogP) is -2.73. The molecule has 0 saturated heterocycles. The minimum absolute atomic E-state index is 0. The topological polar surface area (TPSA) is 70.8 Å². The van der Waals surface area contributed by atoms with E-state index in [1.54, 1.807) is 4.68 Å². The van der Waals surface area contributed by atoms with Gasteiger partial charge in [-0.1, -0.05) is 18.7 Å². The number of nitrogens with zero attached hydrogens (tertiary/aromatic N) is 3. The zero-order chi connectivity index (χ0) is 11.5. The SMILES string of the molecule is CCC(C)(C)n1ncnc1SCC(=O)[O-].[Na+]. The Morgan fingerprint density at radius 1 is 1.62 bits per heavy atom. The van der Waals surface area contributed by atoms with Crippen LogP contribution in [-0.4, -0.2) is 26.5 Å². The van der Waals surface area contributed by atoms with Crippen molar-refractivity contribution in [2.45, 2.75) is 37.9 Å². The molecule has 0 aromatic carbocycles. The Balaban J connectivity index is 0.00000225. The van der Waals surface area contributed by atoms with E-state index in [0.717, 1.165) is 18.2 Å². The van der Waals surface area contributed by atoms with E-state index in [2.05, 4.69) is 17.0 Å². The van der Waals surface area contributed by atoms with Crippen molar-refractivity contribution in [1.29, 1.82) is 0 Å². The van der Waals surface area contributed by atoms with Crippen LogP contribution in [0.5, 0.6) is 0 Å². The minimum atomic E-state index is -1.09. The second-order valence-corrected chi connectivity index (χ2v) is 4.72. The Hall–Kier alpha value is -0.0400. The molecule has 1 heterocycles. The van der Waals surface area contributed by atoms with Crippen molar-refractivity contribution in [3.63, 3.8) is 0 Å². The maximum atomic E-state index is 10.3. The zero-order valence-corrected chi connectivity index (χ0v) is 12.9. The molecule has 0 bridgehead atoms. The van der Waals surface area contributed by atoms with Gasteiger partial charge in [0.05, 0.1) is 11.5 Å². The molecule has 7 heteroatoms. The van der Waals surface area contributed by atoms with Gasteiger partial charge in [0.15, 0.2) is 5.16 Å². The van der Waals surface area contributed by atoms with Gasteiger partial charge in [-0.3, -0.25) is 0 Å². The smallest absolute Gasteiger partial charge is 0.549 e. The molecule has 0 amide bonds. The molecule has 0 aliphatic heterocycles. The molecular formula is C9H14N3NaO2S. The Kier molecular flexibility index (Phi) is 6.62. The van der Waals surface area contributed by atoms with Gasteiger partial charge in [0.25, 0.3) is 0 Å². The molecule has 0 atom stereocenters. The van der Waals surface area contributed by atoms with Gasteiger partial charge in [-0.05, 0) is 20.3 Å². The summed E-state index contributed by atoms with van der Waals surface area (Å²) in [6.45, 7) is 6.12. The fraction of sp³-hybridized carbons (Fsp3) is 0.667. The number of carbonyl (C=O) groups excluding carboxylic acids is 1. The number of carbonyl (C=O) groups is 1. The quantitative estimate of drug-likeness (QED) is 0.420. The first kappa shape index (κ1) is 16.0. The number of hydrogen-bond acceptors (Lipinski definition) is 5. The first-order valence-electron chi connectivity index (χ1n) is 4.70. The van der Waals surface area contributed by atoms with Gasteiger partial charge in [0.2, 0.25) is 0 Å². The molecule has 1 rings (SSSR count). The summed E-state index contributed by atoms with van der Waals surface area (Å²) in [5.74, 6) is -1.19. The van der Waals surface area contributed by atoms with Gasteiger partial charge in [-0.25, -0.2) is 9.67 Å². The average molecular weight is 251 g/mol. The summed E-state index contributed by atoms with van der Waals surface area (Å²) in [5.41, 5.74) is -0.148. The maximum Gasteiger partial charge on any atom is 1.00 e. The van der Waals surface area contributed by atoms with E-state index in [0.29, 0.717) is 5.16 Å². The molecule has 0 N–H and O–H groups in total. The zero-order valence-electron chi connectivity index (χ0n) is 10.1. The summed E-state index contributed by atoms with van der Waals surface area (Å²) in [5, 5.41) is 15.1. The van der Waals surface area contributed by atoms with E-state index in [1.165, 1.54) is 6.33 Å². The first-order chi connectivity index (χ1) is 6.97.